The van der Waals surface area contributed by atoms with Gasteiger partial charge in [0, 0.05) is 36.0 Å². The van der Waals surface area contributed by atoms with E-state index in [-0.39, 0.29) is 11.5 Å². The quantitative estimate of drug-likeness (QED) is 0.707. The van der Waals surface area contributed by atoms with E-state index in [1.54, 1.807) is 7.11 Å². The van der Waals surface area contributed by atoms with E-state index in [1.807, 2.05) is 0 Å². The van der Waals surface area contributed by atoms with Crippen LogP contribution in [0.3, 0.4) is 0 Å². The van der Waals surface area contributed by atoms with Crippen LogP contribution in [0, 0.1) is 6.92 Å². The lowest BCUT2D eigenvalue weighted by atomic mass is 9.67. The fraction of sp³-hybridized carbons (Fsp3) is 0.429. The van der Waals surface area contributed by atoms with Crippen LogP contribution in [0.1, 0.15) is 42.9 Å². The number of ether oxygens (including phenoxy) is 2. The van der Waals surface area contributed by atoms with Crippen LogP contribution in [0.2, 0.25) is 0 Å². The third-order valence-electron chi connectivity index (χ3n) is 5.93. The summed E-state index contributed by atoms with van der Waals surface area (Å²) in [6.07, 6.45) is 5.54. The molecule has 0 fully saturated rings. The molecule has 2 atom stereocenters. The lowest BCUT2D eigenvalue weighted by Gasteiger charge is -2.36. The Bertz CT molecular complexity index is 805. The van der Waals surface area contributed by atoms with Gasteiger partial charge in [-0.15, -0.1) is 0 Å². The van der Waals surface area contributed by atoms with Crippen LogP contribution in [0.15, 0.2) is 36.6 Å². The molecule has 0 radical (unpaired) electrons. The fourth-order valence-corrected chi connectivity index (χ4v) is 4.68. The summed E-state index contributed by atoms with van der Waals surface area (Å²) in [7, 11) is 3.78. The molecular weight excluding hydrogens is 298 g/mol. The molecule has 1 aliphatic carbocycles. The molecular formula is C21H25NO2. The smallest absolute Gasteiger partial charge is 0.166 e. The Labute approximate surface area is 144 Å². The van der Waals surface area contributed by atoms with Crippen molar-refractivity contribution in [2.75, 3.05) is 14.2 Å². The number of nitrogens with zero attached hydrogens (tertiary/aromatic N) is 1. The van der Waals surface area contributed by atoms with Gasteiger partial charge < -0.3 is 14.4 Å². The van der Waals surface area contributed by atoms with Gasteiger partial charge in [-0.1, -0.05) is 24.8 Å². The highest BCUT2D eigenvalue weighted by Crippen LogP contribution is 2.59. The van der Waals surface area contributed by atoms with Gasteiger partial charge in [-0.25, -0.2) is 0 Å². The Balaban J connectivity index is 2.12. The van der Waals surface area contributed by atoms with Crippen molar-refractivity contribution in [3.8, 4) is 11.5 Å². The molecule has 2 aliphatic heterocycles. The maximum Gasteiger partial charge on any atom is 0.166 e. The topological polar surface area (TPSA) is 21.7 Å². The number of benzene rings is 1. The van der Waals surface area contributed by atoms with Crippen molar-refractivity contribution in [3.63, 3.8) is 0 Å². The summed E-state index contributed by atoms with van der Waals surface area (Å²) in [5.41, 5.74) is 6.97. The molecule has 2 unspecified atom stereocenters. The Morgan fingerprint density at radius 3 is 2.79 bits per heavy atom. The molecule has 24 heavy (non-hydrogen) atoms. The van der Waals surface area contributed by atoms with Crippen LogP contribution < -0.4 is 9.47 Å². The molecule has 1 spiro atoms. The Morgan fingerprint density at radius 2 is 2.08 bits per heavy atom. The molecule has 126 valence electrons. The third-order valence-corrected chi connectivity index (χ3v) is 5.93. The number of rotatable bonds is 1. The maximum atomic E-state index is 6.47. The van der Waals surface area contributed by atoms with E-state index in [2.05, 4.69) is 51.1 Å². The Hall–Kier alpha value is -2.16. The van der Waals surface area contributed by atoms with Crippen LogP contribution in [-0.4, -0.2) is 25.2 Å². The second kappa shape index (κ2) is 4.92. The van der Waals surface area contributed by atoms with E-state index in [4.69, 9.17) is 9.47 Å². The van der Waals surface area contributed by atoms with Gasteiger partial charge in [0.25, 0.3) is 0 Å². The van der Waals surface area contributed by atoms with Crippen LogP contribution in [-0.2, 0) is 5.41 Å². The van der Waals surface area contributed by atoms with E-state index in [9.17, 15) is 0 Å². The normalized spacial score (nSPS) is 27.9. The average molecular weight is 323 g/mol. The molecule has 1 aromatic carbocycles. The largest absolute Gasteiger partial charge is 0.493 e. The van der Waals surface area contributed by atoms with E-state index in [0.29, 0.717) is 0 Å². The second-order valence-electron chi connectivity index (χ2n) is 7.40. The van der Waals surface area contributed by atoms with Crippen molar-refractivity contribution in [1.29, 1.82) is 0 Å². The monoisotopic (exact) mass is 323 g/mol. The summed E-state index contributed by atoms with van der Waals surface area (Å²) in [4.78, 5) is 2.14. The van der Waals surface area contributed by atoms with E-state index >= 15 is 0 Å². The zero-order chi connectivity index (χ0) is 17.2. The van der Waals surface area contributed by atoms with Crippen LogP contribution in [0.4, 0.5) is 0 Å². The van der Waals surface area contributed by atoms with Gasteiger partial charge in [-0.05, 0) is 38.3 Å². The van der Waals surface area contributed by atoms with Gasteiger partial charge in [0.2, 0.25) is 0 Å². The lowest BCUT2D eigenvalue weighted by molar-refractivity contribution is 0.147. The molecule has 0 N–H and O–H groups in total. The number of hydrogen-bond acceptors (Lipinski definition) is 3. The minimum Gasteiger partial charge on any atom is -0.493 e. The van der Waals surface area contributed by atoms with Gasteiger partial charge in [0.15, 0.2) is 11.5 Å². The van der Waals surface area contributed by atoms with E-state index < -0.39 is 0 Å². The average Bonchev–Trinajstić information content (AvgIpc) is 2.83. The van der Waals surface area contributed by atoms with Crippen molar-refractivity contribution >= 4 is 5.70 Å². The fourth-order valence-electron chi connectivity index (χ4n) is 4.68. The van der Waals surface area contributed by atoms with E-state index in [0.717, 1.165) is 42.2 Å². The van der Waals surface area contributed by atoms with Crippen molar-refractivity contribution < 1.29 is 9.47 Å². The second-order valence-corrected chi connectivity index (χ2v) is 7.40. The summed E-state index contributed by atoms with van der Waals surface area (Å²) in [5.74, 6) is 1.73. The molecule has 2 heterocycles. The highest BCUT2D eigenvalue weighted by molar-refractivity contribution is 5.78. The minimum atomic E-state index is -0.156. The standard InChI is InChI=1S/C21H25NO2/c1-12-7-8-17-21(10-12)11-14(3)22(5)15(4)18-13(2)9-16(23-6)20(24-17)19(18)21/h9-10,17H,3-4,7-8,11H2,1-2,5-6H3. The summed E-state index contributed by atoms with van der Waals surface area (Å²) in [5, 5.41) is 0. The molecule has 0 saturated heterocycles. The molecule has 0 bridgehead atoms. The molecule has 0 amide bonds. The summed E-state index contributed by atoms with van der Waals surface area (Å²) < 4.78 is 12.1. The summed E-state index contributed by atoms with van der Waals surface area (Å²) in [6, 6.07) is 2.07. The predicted octanol–water partition coefficient (Wildman–Crippen LogP) is 4.56. The zero-order valence-electron chi connectivity index (χ0n) is 15.0. The molecule has 3 heteroatoms. The predicted molar refractivity (Wildman–Crippen MR) is 97.4 cm³/mol. The Morgan fingerprint density at radius 1 is 1.33 bits per heavy atom. The van der Waals surface area contributed by atoms with E-state index in [1.165, 1.54) is 22.3 Å². The lowest BCUT2D eigenvalue weighted by Crippen LogP contribution is -2.39. The van der Waals surface area contributed by atoms with Gasteiger partial charge in [0.1, 0.15) is 6.10 Å². The van der Waals surface area contributed by atoms with Gasteiger partial charge in [-0.2, -0.15) is 0 Å². The van der Waals surface area contributed by atoms with Gasteiger partial charge in [-0.3, -0.25) is 0 Å². The first-order chi connectivity index (χ1) is 11.4. The first-order valence-corrected chi connectivity index (χ1v) is 8.57. The SMILES string of the molecule is C=C1CC23C=C(C)CCC2Oc2c(OC)cc(C)c(c23)C(=C)N1C. The number of hydrogen-bond donors (Lipinski definition) is 0. The maximum absolute atomic E-state index is 6.47. The van der Waals surface area contributed by atoms with Gasteiger partial charge in [0.05, 0.1) is 12.5 Å². The Kier molecular flexibility index (Phi) is 3.15. The van der Waals surface area contributed by atoms with Crippen molar-refractivity contribution in [1.82, 2.24) is 4.90 Å². The summed E-state index contributed by atoms with van der Waals surface area (Å²) in [6.45, 7) is 13.1. The van der Waals surface area contributed by atoms with Crippen molar-refractivity contribution in [2.24, 2.45) is 0 Å². The number of aryl methyl sites for hydroxylation is 1. The molecule has 4 rings (SSSR count). The first kappa shape index (κ1) is 15.4. The molecule has 3 aliphatic rings. The number of allylic oxidation sites excluding steroid dienone is 2. The first-order valence-electron chi connectivity index (χ1n) is 8.57. The van der Waals surface area contributed by atoms with Crippen molar-refractivity contribution in [2.45, 2.75) is 44.6 Å². The third kappa shape index (κ3) is 1.78. The molecule has 1 aromatic rings. The number of methoxy groups -OCH3 is 1. The highest BCUT2D eigenvalue weighted by Gasteiger charge is 2.53. The molecule has 0 saturated carbocycles. The van der Waals surface area contributed by atoms with Crippen LogP contribution in [0.25, 0.3) is 5.70 Å². The minimum absolute atomic E-state index is 0.140. The summed E-state index contributed by atoms with van der Waals surface area (Å²) >= 11 is 0. The van der Waals surface area contributed by atoms with Crippen molar-refractivity contribution in [3.05, 3.63) is 53.3 Å². The molecule has 3 nitrogen and oxygen atoms in total. The zero-order valence-corrected chi connectivity index (χ0v) is 15.0. The molecule has 0 aromatic heterocycles. The highest BCUT2D eigenvalue weighted by atomic mass is 16.5. The van der Waals surface area contributed by atoms with Crippen LogP contribution in [0.5, 0.6) is 11.5 Å². The van der Waals surface area contributed by atoms with Crippen LogP contribution >= 0.6 is 0 Å². The van der Waals surface area contributed by atoms with Gasteiger partial charge >= 0.3 is 0 Å².